The van der Waals surface area contributed by atoms with E-state index in [-0.39, 0.29) is 5.91 Å². The predicted octanol–water partition coefficient (Wildman–Crippen LogP) is 4.36. The molecule has 1 aliphatic rings. The first-order valence-corrected chi connectivity index (χ1v) is 9.25. The van der Waals surface area contributed by atoms with Crippen molar-refractivity contribution in [2.75, 3.05) is 13.1 Å². The molecule has 1 aliphatic heterocycles. The number of rotatable bonds is 4. The summed E-state index contributed by atoms with van der Waals surface area (Å²) in [6.45, 7) is 1.44. The summed E-state index contributed by atoms with van der Waals surface area (Å²) in [4.78, 5) is 27.3. The SMILES string of the molecule is O=C(O[C@H](C(=O)N1CCCCC1)c1ccccc1)c1cccc(Br)c1. The van der Waals surface area contributed by atoms with Crippen LogP contribution in [0.15, 0.2) is 59.1 Å². The van der Waals surface area contributed by atoms with E-state index >= 15 is 0 Å². The molecular formula is C20H20BrNO3. The van der Waals surface area contributed by atoms with Crippen molar-refractivity contribution in [3.8, 4) is 0 Å². The maximum Gasteiger partial charge on any atom is 0.339 e. The van der Waals surface area contributed by atoms with Crippen LogP contribution < -0.4 is 0 Å². The van der Waals surface area contributed by atoms with Crippen LogP contribution in [0.3, 0.4) is 0 Å². The number of halogens is 1. The zero-order valence-electron chi connectivity index (χ0n) is 13.9. The molecule has 1 saturated heterocycles. The second-order valence-electron chi connectivity index (χ2n) is 6.09. The van der Waals surface area contributed by atoms with Gasteiger partial charge in [-0.05, 0) is 37.5 Å². The Bertz CT molecular complexity index is 742. The molecule has 0 spiro atoms. The molecule has 0 aliphatic carbocycles. The largest absolute Gasteiger partial charge is 0.444 e. The summed E-state index contributed by atoms with van der Waals surface area (Å²) in [7, 11) is 0. The van der Waals surface area contributed by atoms with E-state index in [1.807, 2.05) is 36.4 Å². The predicted molar refractivity (Wildman–Crippen MR) is 99.2 cm³/mol. The van der Waals surface area contributed by atoms with Gasteiger partial charge in [-0.25, -0.2) is 4.79 Å². The number of benzene rings is 2. The van der Waals surface area contributed by atoms with Crippen molar-refractivity contribution in [2.24, 2.45) is 0 Å². The van der Waals surface area contributed by atoms with Crippen LogP contribution in [0.4, 0.5) is 0 Å². The molecule has 0 saturated carbocycles. The lowest BCUT2D eigenvalue weighted by molar-refractivity contribution is -0.142. The number of carbonyl (C=O) groups is 2. The Balaban J connectivity index is 1.83. The molecule has 25 heavy (non-hydrogen) atoms. The van der Waals surface area contributed by atoms with Gasteiger partial charge in [0.05, 0.1) is 5.56 Å². The zero-order valence-corrected chi connectivity index (χ0v) is 15.4. The number of hydrogen-bond donors (Lipinski definition) is 0. The number of nitrogens with zero attached hydrogens (tertiary/aromatic N) is 1. The lowest BCUT2D eigenvalue weighted by Gasteiger charge is -2.30. The first kappa shape index (κ1) is 17.7. The Morgan fingerprint density at radius 1 is 0.960 bits per heavy atom. The second-order valence-corrected chi connectivity index (χ2v) is 7.01. The van der Waals surface area contributed by atoms with Crippen LogP contribution in [-0.4, -0.2) is 29.9 Å². The number of piperidine rings is 1. The van der Waals surface area contributed by atoms with E-state index in [4.69, 9.17) is 4.74 Å². The highest BCUT2D eigenvalue weighted by molar-refractivity contribution is 9.10. The molecule has 1 amide bonds. The molecule has 0 radical (unpaired) electrons. The van der Waals surface area contributed by atoms with Gasteiger partial charge in [0, 0.05) is 23.1 Å². The lowest BCUT2D eigenvalue weighted by Crippen LogP contribution is -2.40. The topological polar surface area (TPSA) is 46.6 Å². The Labute approximate surface area is 155 Å². The monoisotopic (exact) mass is 401 g/mol. The number of amides is 1. The van der Waals surface area contributed by atoms with Crippen LogP contribution in [0.1, 0.15) is 41.3 Å². The molecule has 2 aromatic rings. The summed E-state index contributed by atoms with van der Waals surface area (Å²) < 4.78 is 6.43. The van der Waals surface area contributed by atoms with E-state index in [1.54, 1.807) is 23.1 Å². The third-order valence-electron chi connectivity index (χ3n) is 4.28. The summed E-state index contributed by atoms with van der Waals surface area (Å²) >= 11 is 3.35. The number of likely N-dealkylation sites (tertiary alicyclic amines) is 1. The van der Waals surface area contributed by atoms with Gasteiger partial charge in [0.25, 0.3) is 5.91 Å². The Kier molecular flexibility index (Phi) is 5.87. The van der Waals surface area contributed by atoms with Gasteiger partial charge >= 0.3 is 5.97 Å². The molecule has 3 rings (SSSR count). The summed E-state index contributed by atoms with van der Waals surface area (Å²) in [5.41, 5.74) is 1.11. The van der Waals surface area contributed by atoms with Crippen LogP contribution in [-0.2, 0) is 9.53 Å². The van der Waals surface area contributed by atoms with Crippen molar-refractivity contribution in [3.05, 3.63) is 70.2 Å². The van der Waals surface area contributed by atoms with Gasteiger partial charge in [0.1, 0.15) is 0 Å². The van der Waals surface area contributed by atoms with E-state index in [0.29, 0.717) is 11.1 Å². The molecule has 5 heteroatoms. The fourth-order valence-corrected chi connectivity index (χ4v) is 3.36. The van der Waals surface area contributed by atoms with Gasteiger partial charge in [-0.2, -0.15) is 0 Å². The van der Waals surface area contributed by atoms with E-state index in [9.17, 15) is 9.59 Å². The molecule has 0 aromatic heterocycles. The van der Waals surface area contributed by atoms with Crippen LogP contribution in [0.2, 0.25) is 0 Å². The van der Waals surface area contributed by atoms with Gasteiger partial charge < -0.3 is 9.64 Å². The molecule has 1 atom stereocenters. The minimum atomic E-state index is -0.911. The van der Waals surface area contributed by atoms with E-state index in [1.165, 1.54) is 0 Å². The minimum Gasteiger partial charge on any atom is -0.444 e. The van der Waals surface area contributed by atoms with E-state index in [0.717, 1.165) is 36.8 Å². The first-order chi connectivity index (χ1) is 12.1. The summed E-state index contributed by atoms with van der Waals surface area (Å²) in [5, 5.41) is 0. The van der Waals surface area contributed by atoms with Crippen LogP contribution >= 0.6 is 15.9 Å². The molecule has 4 nitrogen and oxygen atoms in total. The summed E-state index contributed by atoms with van der Waals surface area (Å²) in [6, 6.07) is 16.2. The van der Waals surface area contributed by atoms with Gasteiger partial charge in [0.15, 0.2) is 0 Å². The standard InChI is InChI=1S/C20H20BrNO3/c21-17-11-7-10-16(14-17)20(24)25-18(15-8-3-1-4-9-15)19(23)22-12-5-2-6-13-22/h1,3-4,7-11,14,18H,2,5-6,12-13H2/t18-/m0/s1. The first-order valence-electron chi connectivity index (χ1n) is 8.45. The number of esters is 1. The molecule has 1 heterocycles. The highest BCUT2D eigenvalue weighted by Crippen LogP contribution is 2.24. The molecular weight excluding hydrogens is 382 g/mol. The minimum absolute atomic E-state index is 0.144. The van der Waals surface area contributed by atoms with Crippen molar-refractivity contribution in [1.82, 2.24) is 4.90 Å². The van der Waals surface area contributed by atoms with Crippen molar-refractivity contribution in [2.45, 2.75) is 25.4 Å². The van der Waals surface area contributed by atoms with Crippen LogP contribution in [0, 0.1) is 0 Å². The second kappa shape index (κ2) is 8.30. The Morgan fingerprint density at radius 2 is 1.68 bits per heavy atom. The van der Waals surface area contributed by atoms with E-state index < -0.39 is 12.1 Å². The van der Waals surface area contributed by atoms with Crippen molar-refractivity contribution < 1.29 is 14.3 Å². The number of carbonyl (C=O) groups excluding carboxylic acids is 2. The van der Waals surface area contributed by atoms with Crippen molar-refractivity contribution in [3.63, 3.8) is 0 Å². The maximum absolute atomic E-state index is 13.0. The van der Waals surface area contributed by atoms with E-state index in [2.05, 4.69) is 15.9 Å². The molecule has 0 N–H and O–H groups in total. The van der Waals surface area contributed by atoms with Gasteiger partial charge in [-0.3, -0.25) is 4.79 Å². The van der Waals surface area contributed by atoms with Crippen LogP contribution in [0.5, 0.6) is 0 Å². The Morgan fingerprint density at radius 3 is 2.36 bits per heavy atom. The Hall–Kier alpha value is -2.14. The van der Waals surface area contributed by atoms with Crippen molar-refractivity contribution in [1.29, 1.82) is 0 Å². The highest BCUT2D eigenvalue weighted by Gasteiger charge is 2.30. The average molecular weight is 402 g/mol. The molecule has 0 unspecified atom stereocenters. The molecule has 2 aromatic carbocycles. The summed E-state index contributed by atoms with van der Waals surface area (Å²) in [5.74, 6) is -0.644. The third kappa shape index (κ3) is 4.48. The van der Waals surface area contributed by atoms with Gasteiger partial charge in [0.2, 0.25) is 6.10 Å². The van der Waals surface area contributed by atoms with Gasteiger partial charge in [-0.15, -0.1) is 0 Å². The number of ether oxygens (including phenoxy) is 1. The normalized spacial score (nSPS) is 15.5. The molecule has 1 fully saturated rings. The fraction of sp³-hybridized carbons (Fsp3) is 0.300. The average Bonchev–Trinajstić information content (AvgIpc) is 2.67. The number of hydrogen-bond acceptors (Lipinski definition) is 3. The summed E-state index contributed by atoms with van der Waals surface area (Å²) in [6.07, 6.45) is 2.21. The van der Waals surface area contributed by atoms with Crippen molar-refractivity contribution >= 4 is 27.8 Å². The van der Waals surface area contributed by atoms with Crippen LogP contribution in [0.25, 0.3) is 0 Å². The smallest absolute Gasteiger partial charge is 0.339 e. The highest BCUT2D eigenvalue weighted by atomic mass is 79.9. The molecule has 130 valence electrons. The fourth-order valence-electron chi connectivity index (χ4n) is 2.96. The van der Waals surface area contributed by atoms with Gasteiger partial charge in [-0.1, -0.05) is 52.3 Å². The zero-order chi connectivity index (χ0) is 17.6. The maximum atomic E-state index is 13.0. The molecule has 0 bridgehead atoms. The quantitative estimate of drug-likeness (QED) is 0.714. The lowest BCUT2D eigenvalue weighted by atomic mass is 10.1. The third-order valence-corrected chi connectivity index (χ3v) is 4.77.